The van der Waals surface area contributed by atoms with E-state index >= 15 is 0 Å². The number of likely N-dealkylation sites (tertiary alicyclic amines) is 1. The first kappa shape index (κ1) is 26.1. The van der Waals surface area contributed by atoms with Crippen molar-refractivity contribution in [3.8, 4) is 16.9 Å². The molecule has 0 radical (unpaired) electrons. The van der Waals surface area contributed by atoms with Crippen LogP contribution in [0.3, 0.4) is 0 Å². The summed E-state index contributed by atoms with van der Waals surface area (Å²) in [5.41, 5.74) is 5.45. The van der Waals surface area contributed by atoms with Gasteiger partial charge in [0, 0.05) is 36.6 Å². The summed E-state index contributed by atoms with van der Waals surface area (Å²) in [7, 11) is -1.38. The van der Waals surface area contributed by atoms with Gasteiger partial charge in [0.1, 0.15) is 6.33 Å². The van der Waals surface area contributed by atoms with Gasteiger partial charge in [-0.05, 0) is 73.9 Å². The zero-order valence-electron chi connectivity index (χ0n) is 22.9. The molecule has 1 saturated heterocycles. The lowest BCUT2D eigenvalue weighted by molar-refractivity contribution is 0.166. The molecule has 3 aromatic heterocycles. The van der Waals surface area contributed by atoms with Crippen LogP contribution < -0.4 is 10.4 Å². The molecule has 1 saturated carbocycles. The Morgan fingerprint density at radius 2 is 1.82 bits per heavy atom. The van der Waals surface area contributed by atoms with Crippen molar-refractivity contribution >= 4 is 26.5 Å². The number of fused-ring (bicyclic) bond motifs is 2. The minimum absolute atomic E-state index is 0.0806. The number of aromatic amines is 1. The molecular weight excluding hydrogens is 516 g/mol. The van der Waals surface area contributed by atoms with Crippen molar-refractivity contribution in [3.63, 3.8) is 0 Å². The van der Waals surface area contributed by atoms with Crippen LogP contribution in [0.5, 0.6) is 5.75 Å². The van der Waals surface area contributed by atoms with Crippen LogP contribution in [0.15, 0.2) is 35.5 Å². The standard InChI is InChI=1S/C28H36N6O4S/c1-17(2)22-13-25-24(12-23(22)18-11-26(38-3)27-29-16-30-33(27)14-18)31-28(35)34(25)20-7-5-19(6-8-20)32-10-9-21(15-32)39(4,36)37/h11-14,16-17,19-21H,5-10,15H2,1-4H3,(H,31,35). The third kappa shape index (κ3) is 4.65. The number of ether oxygens (including phenoxy) is 1. The quantitative estimate of drug-likeness (QED) is 0.387. The van der Waals surface area contributed by atoms with Gasteiger partial charge in [0.15, 0.2) is 21.2 Å². The maximum absolute atomic E-state index is 13.3. The molecule has 0 bridgehead atoms. The van der Waals surface area contributed by atoms with Gasteiger partial charge in [-0.1, -0.05) is 13.8 Å². The minimum Gasteiger partial charge on any atom is -0.493 e. The van der Waals surface area contributed by atoms with Gasteiger partial charge in [-0.3, -0.25) is 9.47 Å². The third-order valence-electron chi connectivity index (χ3n) is 8.71. The van der Waals surface area contributed by atoms with E-state index in [0.29, 0.717) is 24.0 Å². The van der Waals surface area contributed by atoms with E-state index in [-0.39, 0.29) is 22.9 Å². The molecule has 1 unspecified atom stereocenters. The fourth-order valence-electron chi connectivity index (χ4n) is 6.59. The number of benzene rings is 1. The number of hydrogen-bond donors (Lipinski definition) is 1. The molecule has 10 nitrogen and oxygen atoms in total. The second-order valence-corrected chi connectivity index (χ2v) is 13.8. The molecule has 208 valence electrons. The van der Waals surface area contributed by atoms with Crippen LogP contribution in [0.1, 0.15) is 63.5 Å². The zero-order valence-corrected chi connectivity index (χ0v) is 23.7. The molecule has 1 aliphatic carbocycles. The number of H-pyrrole nitrogens is 1. The van der Waals surface area contributed by atoms with E-state index in [0.717, 1.165) is 66.4 Å². The number of aromatic nitrogens is 5. The average molecular weight is 553 g/mol. The first-order valence-corrected chi connectivity index (χ1v) is 15.7. The highest BCUT2D eigenvalue weighted by atomic mass is 32.2. The number of imidazole rings is 1. The van der Waals surface area contributed by atoms with Crippen LogP contribution in [0, 0.1) is 0 Å². The molecule has 0 spiro atoms. The van der Waals surface area contributed by atoms with Crippen LogP contribution in [-0.2, 0) is 9.84 Å². The highest BCUT2D eigenvalue weighted by Gasteiger charge is 2.36. The smallest absolute Gasteiger partial charge is 0.326 e. The molecule has 1 atom stereocenters. The van der Waals surface area contributed by atoms with Crippen LogP contribution in [-0.4, -0.2) is 75.2 Å². The van der Waals surface area contributed by atoms with Crippen molar-refractivity contribution in [2.24, 2.45) is 0 Å². The fourth-order valence-corrected chi connectivity index (χ4v) is 7.58. The molecule has 6 rings (SSSR count). The Kier molecular flexibility index (Phi) is 6.53. The first-order valence-electron chi connectivity index (χ1n) is 13.7. The molecule has 39 heavy (non-hydrogen) atoms. The second kappa shape index (κ2) is 9.78. The summed E-state index contributed by atoms with van der Waals surface area (Å²) < 4.78 is 33.3. The Labute approximate surface area is 227 Å². The molecule has 2 fully saturated rings. The van der Waals surface area contributed by atoms with Gasteiger partial charge in [-0.25, -0.2) is 22.7 Å². The van der Waals surface area contributed by atoms with E-state index in [4.69, 9.17) is 4.74 Å². The number of nitrogens with one attached hydrogen (secondary N) is 1. The Balaban J connectivity index is 1.31. The molecule has 1 aromatic carbocycles. The normalized spacial score (nSPS) is 22.8. The lowest BCUT2D eigenvalue weighted by atomic mass is 9.89. The highest BCUT2D eigenvalue weighted by molar-refractivity contribution is 7.91. The number of methoxy groups -OCH3 is 1. The number of nitrogens with zero attached hydrogens (tertiary/aromatic N) is 5. The average Bonchev–Trinajstić information content (AvgIpc) is 3.65. The topological polar surface area (TPSA) is 115 Å². The molecule has 1 N–H and O–H groups in total. The summed E-state index contributed by atoms with van der Waals surface area (Å²) in [5, 5.41) is 4.06. The van der Waals surface area contributed by atoms with Crippen molar-refractivity contribution in [2.75, 3.05) is 26.5 Å². The van der Waals surface area contributed by atoms with Crippen LogP contribution in [0.2, 0.25) is 0 Å². The molecular formula is C28H36N6O4S. The molecule has 2 aliphatic rings. The van der Waals surface area contributed by atoms with Crippen LogP contribution in [0.25, 0.3) is 27.8 Å². The van der Waals surface area contributed by atoms with Crippen molar-refractivity contribution in [2.45, 2.75) is 69.2 Å². The third-order valence-corrected chi connectivity index (χ3v) is 10.3. The molecule has 4 heterocycles. The first-order chi connectivity index (χ1) is 18.6. The molecule has 11 heteroatoms. The summed E-state index contributed by atoms with van der Waals surface area (Å²) in [6.07, 6.45) is 9.25. The predicted molar refractivity (Wildman–Crippen MR) is 151 cm³/mol. The van der Waals surface area contributed by atoms with Gasteiger partial charge in [0.05, 0.1) is 23.4 Å². The Bertz CT molecular complexity index is 1690. The summed E-state index contributed by atoms with van der Waals surface area (Å²) in [4.78, 5) is 23.0. The number of rotatable bonds is 6. The lowest BCUT2D eigenvalue weighted by Crippen LogP contribution is -2.39. The molecule has 0 amide bonds. The van der Waals surface area contributed by atoms with Crippen LogP contribution >= 0.6 is 0 Å². The summed E-state index contributed by atoms with van der Waals surface area (Å²) in [6.45, 7) is 5.80. The molecule has 1 aliphatic heterocycles. The van der Waals surface area contributed by atoms with Gasteiger partial charge >= 0.3 is 5.69 Å². The summed E-state index contributed by atoms with van der Waals surface area (Å²) in [5.74, 6) is 0.873. The highest BCUT2D eigenvalue weighted by Crippen LogP contribution is 2.38. The van der Waals surface area contributed by atoms with Crippen LogP contribution in [0.4, 0.5) is 0 Å². The molecule has 4 aromatic rings. The largest absolute Gasteiger partial charge is 0.493 e. The van der Waals surface area contributed by atoms with E-state index < -0.39 is 9.84 Å². The fraction of sp³-hybridized carbons (Fsp3) is 0.536. The van der Waals surface area contributed by atoms with E-state index in [9.17, 15) is 13.2 Å². The van der Waals surface area contributed by atoms with Gasteiger partial charge in [-0.2, -0.15) is 5.10 Å². The Hall–Kier alpha value is -3.18. The summed E-state index contributed by atoms with van der Waals surface area (Å²) in [6, 6.07) is 6.71. The number of sulfone groups is 1. The number of pyridine rings is 1. The van der Waals surface area contributed by atoms with Gasteiger partial charge < -0.3 is 9.72 Å². The lowest BCUT2D eigenvalue weighted by Gasteiger charge is -2.35. The van der Waals surface area contributed by atoms with E-state index in [1.807, 2.05) is 16.8 Å². The zero-order chi connectivity index (χ0) is 27.5. The van der Waals surface area contributed by atoms with Crippen molar-refractivity contribution in [1.29, 1.82) is 0 Å². The van der Waals surface area contributed by atoms with Gasteiger partial charge in [-0.15, -0.1) is 0 Å². The van der Waals surface area contributed by atoms with E-state index in [1.54, 1.807) is 11.6 Å². The second-order valence-electron chi connectivity index (χ2n) is 11.4. The predicted octanol–water partition coefficient (Wildman–Crippen LogP) is 3.77. The number of hydrogen-bond acceptors (Lipinski definition) is 7. The van der Waals surface area contributed by atoms with E-state index in [2.05, 4.69) is 45.9 Å². The van der Waals surface area contributed by atoms with Crippen molar-refractivity contribution < 1.29 is 13.2 Å². The SMILES string of the molecule is COc1cc(-c2cc3[nH]c(=O)n(C4CCC(N5CCC(S(C)(=O)=O)C5)CC4)c3cc2C(C)C)cn2ncnc12. The van der Waals surface area contributed by atoms with Gasteiger partial charge in [0.25, 0.3) is 0 Å². The van der Waals surface area contributed by atoms with Crippen molar-refractivity contribution in [3.05, 3.63) is 46.8 Å². The maximum Gasteiger partial charge on any atom is 0.326 e. The van der Waals surface area contributed by atoms with Gasteiger partial charge in [0.2, 0.25) is 0 Å². The Morgan fingerprint density at radius 3 is 2.49 bits per heavy atom. The minimum atomic E-state index is -3.00. The van der Waals surface area contributed by atoms with E-state index in [1.165, 1.54) is 12.6 Å². The Morgan fingerprint density at radius 1 is 1.08 bits per heavy atom. The summed E-state index contributed by atoms with van der Waals surface area (Å²) >= 11 is 0. The maximum atomic E-state index is 13.3. The van der Waals surface area contributed by atoms with Crippen molar-refractivity contribution in [1.82, 2.24) is 29.0 Å². The monoisotopic (exact) mass is 552 g/mol.